The normalized spacial score (nSPS) is 28.4. The van der Waals surface area contributed by atoms with Crippen molar-refractivity contribution < 1.29 is 9.53 Å². The fourth-order valence-electron chi connectivity index (χ4n) is 2.05. The monoisotopic (exact) mass is 226 g/mol. The van der Waals surface area contributed by atoms with Gasteiger partial charge >= 0.3 is 6.03 Å². The molecule has 0 spiro atoms. The molecular formula is C8H10N4O2S. The minimum Gasteiger partial charge on any atom is -0.374 e. The lowest BCUT2D eigenvalue weighted by atomic mass is 10.2. The highest BCUT2D eigenvalue weighted by molar-refractivity contribution is 6.99. The quantitative estimate of drug-likeness (QED) is 0.759. The molecule has 3 rings (SSSR count). The number of aromatic nitrogens is 2. The zero-order valence-corrected chi connectivity index (χ0v) is 8.74. The maximum atomic E-state index is 11.8. The van der Waals surface area contributed by atoms with Gasteiger partial charge in [-0.05, 0) is 6.42 Å². The Kier molecular flexibility index (Phi) is 2.06. The Morgan fingerprint density at radius 3 is 3.27 bits per heavy atom. The van der Waals surface area contributed by atoms with Crippen molar-refractivity contribution in [1.82, 2.24) is 13.6 Å². The van der Waals surface area contributed by atoms with Crippen LogP contribution in [0, 0.1) is 0 Å². The van der Waals surface area contributed by atoms with E-state index in [1.165, 1.54) is 0 Å². The number of carbonyl (C=O) groups is 1. The zero-order valence-electron chi connectivity index (χ0n) is 7.92. The van der Waals surface area contributed by atoms with Crippen LogP contribution in [0.5, 0.6) is 0 Å². The molecule has 7 heteroatoms. The summed E-state index contributed by atoms with van der Waals surface area (Å²) in [5.41, 5.74) is 0. The summed E-state index contributed by atoms with van der Waals surface area (Å²) in [5, 5.41) is 2.72. The number of carbonyl (C=O) groups excluding carboxylic acids is 1. The molecule has 15 heavy (non-hydrogen) atoms. The molecule has 2 aliphatic rings. The van der Waals surface area contributed by atoms with E-state index in [1.54, 1.807) is 6.20 Å². The summed E-state index contributed by atoms with van der Waals surface area (Å²) in [6.07, 6.45) is 2.74. The van der Waals surface area contributed by atoms with E-state index in [2.05, 4.69) is 14.1 Å². The third kappa shape index (κ3) is 1.57. The lowest BCUT2D eigenvalue weighted by molar-refractivity contribution is 0.0473. The molecular weight excluding hydrogens is 216 g/mol. The molecule has 3 heterocycles. The second-order valence-electron chi connectivity index (χ2n) is 3.72. The average Bonchev–Trinajstić information content (AvgIpc) is 2.93. The van der Waals surface area contributed by atoms with Crippen LogP contribution in [0.15, 0.2) is 6.20 Å². The van der Waals surface area contributed by atoms with E-state index in [0.717, 1.165) is 18.1 Å². The Morgan fingerprint density at radius 2 is 2.67 bits per heavy atom. The van der Waals surface area contributed by atoms with Gasteiger partial charge in [0.25, 0.3) is 0 Å². The first-order valence-corrected chi connectivity index (χ1v) is 5.53. The maximum Gasteiger partial charge on any atom is 0.323 e. The van der Waals surface area contributed by atoms with Crippen molar-refractivity contribution in [3.63, 3.8) is 0 Å². The molecule has 80 valence electrons. The van der Waals surface area contributed by atoms with Gasteiger partial charge in [-0.1, -0.05) is 0 Å². The number of rotatable bonds is 1. The van der Waals surface area contributed by atoms with Crippen molar-refractivity contribution >= 4 is 23.6 Å². The Balaban J connectivity index is 1.66. The molecule has 1 N–H and O–H groups in total. The van der Waals surface area contributed by atoms with E-state index in [0.29, 0.717) is 19.0 Å². The fraction of sp³-hybridized carbons (Fsp3) is 0.625. The molecule has 2 amide bonds. The number of ether oxygens (including phenoxy) is 1. The number of fused-ring (bicyclic) bond motifs is 2. The first kappa shape index (κ1) is 9.05. The van der Waals surface area contributed by atoms with Gasteiger partial charge in [0, 0.05) is 6.54 Å². The summed E-state index contributed by atoms with van der Waals surface area (Å²) < 4.78 is 13.2. The molecule has 0 aromatic carbocycles. The van der Waals surface area contributed by atoms with E-state index >= 15 is 0 Å². The number of hydrogen-bond acceptors (Lipinski definition) is 5. The molecule has 2 atom stereocenters. The van der Waals surface area contributed by atoms with Crippen LogP contribution in [0.25, 0.3) is 0 Å². The van der Waals surface area contributed by atoms with E-state index in [-0.39, 0.29) is 18.2 Å². The van der Waals surface area contributed by atoms with Gasteiger partial charge < -0.3 is 9.64 Å². The highest BCUT2D eigenvalue weighted by atomic mass is 32.1. The first-order chi connectivity index (χ1) is 7.33. The topological polar surface area (TPSA) is 67.4 Å². The number of nitrogens with one attached hydrogen (secondary N) is 1. The molecule has 1 aromatic rings. The molecule has 2 fully saturated rings. The minimum absolute atomic E-state index is 0.0986. The summed E-state index contributed by atoms with van der Waals surface area (Å²) in [7, 11) is 0. The van der Waals surface area contributed by atoms with Crippen LogP contribution < -0.4 is 5.32 Å². The van der Waals surface area contributed by atoms with E-state index < -0.39 is 0 Å². The van der Waals surface area contributed by atoms with Crippen molar-refractivity contribution in [1.29, 1.82) is 0 Å². The standard InChI is InChI=1S/C8H10N4O2S/c13-8(10-7-2-9-15-11-7)12-3-6-1-5(12)4-14-6/h2,5-6H,1,3-4H2,(H,10,11,13)/t5-,6-/m0/s1. The first-order valence-electron chi connectivity index (χ1n) is 4.80. The SMILES string of the molecule is O=C(Nc1cnsn1)N1C[C@@H]2C[C@H]1CO2. The van der Waals surface area contributed by atoms with Gasteiger partial charge in [0.2, 0.25) is 0 Å². The van der Waals surface area contributed by atoms with Crippen LogP contribution in [-0.2, 0) is 4.74 Å². The highest BCUT2D eigenvalue weighted by Crippen LogP contribution is 2.28. The number of urea groups is 1. The Bertz CT molecular complexity index is 369. The maximum absolute atomic E-state index is 11.8. The van der Waals surface area contributed by atoms with Crippen molar-refractivity contribution in [3.05, 3.63) is 6.20 Å². The largest absolute Gasteiger partial charge is 0.374 e. The molecule has 2 bridgehead atoms. The van der Waals surface area contributed by atoms with Crippen LogP contribution in [0.2, 0.25) is 0 Å². The summed E-state index contributed by atoms with van der Waals surface area (Å²) in [6, 6.07) is 0.139. The Morgan fingerprint density at radius 1 is 1.73 bits per heavy atom. The highest BCUT2D eigenvalue weighted by Gasteiger charge is 2.41. The van der Waals surface area contributed by atoms with E-state index in [9.17, 15) is 4.79 Å². The third-order valence-corrected chi connectivity index (χ3v) is 3.24. The summed E-state index contributed by atoms with van der Waals surface area (Å²) in [5.74, 6) is 0.522. The van der Waals surface area contributed by atoms with Gasteiger partial charge in [0.1, 0.15) is 0 Å². The molecule has 0 aliphatic carbocycles. The Labute approximate surface area is 90.6 Å². The van der Waals surface area contributed by atoms with Crippen LogP contribution in [0.4, 0.5) is 10.6 Å². The predicted molar refractivity (Wildman–Crippen MR) is 53.8 cm³/mol. The molecule has 0 unspecified atom stereocenters. The van der Waals surface area contributed by atoms with Gasteiger partial charge in [-0.2, -0.15) is 8.75 Å². The van der Waals surface area contributed by atoms with Gasteiger partial charge in [-0.15, -0.1) is 0 Å². The van der Waals surface area contributed by atoms with Gasteiger partial charge in [0.15, 0.2) is 5.82 Å². The van der Waals surface area contributed by atoms with Crippen LogP contribution in [0.1, 0.15) is 6.42 Å². The molecule has 2 saturated heterocycles. The van der Waals surface area contributed by atoms with Crippen LogP contribution >= 0.6 is 11.7 Å². The lowest BCUT2D eigenvalue weighted by Gasteiger charge is -2.26. The predicted octanol–water partition coefficient (Wildman–Crippen LogP) is 0.543. The fourth-order valence-corrected chi connectivity index (χ4v) is 2.42. The molecule has 0 radical (unpaired) electrons. The number of anilines is 1. The summed E-state index contributed by atoms with van der Waals surface area (Å²) in [4.78, 5) is 13.6. The van der Waals surface area contributed by atoms with Crippen molar-refractivity contribution in [2.24, 2.45) is 0 Å². The minimum atomic E-state index is -0.0986. The number of morpholine rings is 1. The molecule has 0 saturated carbocycles. The van der Waals surface area contributed by atoms with E-state index in [1.807, 2.05) is 4.90 Å². The van der Waals surface area contributed by atoms with Crippen molar-refractivity contribution in [2.75, 3.05) is 18.5 Å². The number of nitrogens with zero attached hydrogens (tertiary/aromatic N) is 3. The average molecular weight is 226 g/mol. The van der Waals surface area contributed by atoms with Gasteiger partial charge in [-0.25, -0.2) is 4.79 Å². The Hall–Kier alpha value is -1.21. The number of hydrogen-bond donors (Lipinski definition) is 1. The van der Waals surface area contributed by atoms with Crippen molar-refractivity contribution in [3.8, 4) is 0 Å². The smallest absolute Gasteiger partial charge is 0.323 e. The molecule has 1 aromatic heterocycles. The van der Waals surface area contributed by atoms with Gasteiger partial charge in [0.05, 0.1) is 36.7 Å². The summed E-state index contributed by atoms with van der Waals surface area (Å²) >= 11 is 1.08. The lowest BCUT2D eigenvalue weighted by Crippen LogP contribution is -2.43. The number of likely N-dealkylation sites (tertiary alicyclic amines) is 1. The second-order valence-corrected chi connectivity index (χ2v) is 4.28. The zero-order chi connectivity index (χ0) is 10.3. The molecule has 6 nitrogen and oxygen atoms in total. The summed E-state index contributed by atoms with van der Waals surface area (Å²) in [6.45, 7) is 1.35. The van der Waals surface area contributed by atoms with Gasteiger partial charge in [-0.3, -0.25) is 5.32 Å². The van der Waals surface area contributed by atoms with E-state index in [4.69, 9.17) is 4.74 Å². The van der Waals surface area contributed by atoms with Crippen LogP contribution in [-0.4, -0.2) is 45.0 Å². The third-order valence-electron chi connectivity index (χ3n) is 2.76. The molecule has 2 aliphatic heterocycles. The van der Waals surface area contributed by atoms with Crippen LogP contribution in [0.3, 0.4) is 0 Å². The van der Waals surface area contributed by atoms with Crippen molar-refractivity contribution in [2.45, 2.75) is 18.6 Å². The number of amides is 2. The second kappa shape index (κ2) is 3.42.